The first-order valence-corrected chi connectivity index (χ1v) is 11.8. The summed E-state index contributed by atoms with van der Waals surface area (Å²) in [5.41, 5.74) is 0.944. The van der Waals surface area contributed by atoms with E-state index in [-0.39, 0.29) is 23.9 Å². The summed E-state index contributed by atoms with van der Waals surface area (Å²) in [6.45, 7) is 6.10. The number of ether oxygens (including phenoxy) is 1. The topological polar surface area (TPSA) is 45.7 Å². The van der Waals surface area contributed by atoms with Crippen LogP contribution in [0.25, 0.3) is 10.2 Å². The van der Waals surface area contributed by atoms with Gasteiger partial charge in [0, 0.05) is 36.8 Å². The molecule has 0 radical (unpaired) electrons. The number of benzene rings is 2. The molecule has 2 heterocycles. The molecule has 1 saturated heterocycles. The zero-order valence-electron chi connectivity index (χ0n) is 18.4. The molecule has 1 amide bonds. The third-order valence-electron chi connectivity index (χ3n) is 5.63. The van der Waals surface area contributed by atoms with Crippen molar-refractivity contribution in [2.45, 2.75) is 19.5 Å². The highest BCUT2D eigenvalue weighted by Crippen LogP contribution is 2.35. The van der Waals surface area contributed by atoms with E-state index in [0.717, 1.165) is 47.5 Å². The van der Waals surface area contributed by atoms with Crippen molar-refractivity contribution in [1.29, 1.82) is 0 Å². The first kappa shape index (κ1) is 26.7. The number of aromatic nitrogens is 1. The standard InChI is InChI=1S/C23H23ClF3N3O2S.ClH/c1-15-18(24)7-8-19-20(15)28-22(33-19)30(10-2-9-29-11-13-32-14-12-29)21(31)16-3-5-17(6-4-16)23(25,26)27;/h3-8H,2,9-14H2,1H3;1H. The number of amides is 1. The molecule has 1 aliphatic heterocycles. The van der Waals surface area contributed by atoms with Gasteiger partial charge in [-0.05, 0) is 55.3 Å². The van der Waals surface area contributed by atoms with Gasteiger partial charge in [0.25, 0.3) is 5.91 Å². The van der Waals surface area contributed by atoms with Crippen LogP contribution < -0.4 is 4.90 Å². The molecule has 4 rings (SSSR count). The number of nitrogens with zero attached hydrogens (tertiary/aromatic N) is 3. The Morgan fingerprint density at radius 3 is 2.50 bits per heavy atom. The van der Waals surface area contributed by atoms with Crippen LogP contribution in [-0.2, 0) is 10.9 Å². The van der Waals surface area contributed by atoms with Crippen LogP contribution in [0, 0.1) is 6.92 Å². The zero-order chi connectivity index (χ0) is 23.6. The van der Waals surface area contributed by atoms with Crippen LogP contribution in [0.15, 0.2) is 36.4 Å². The fraction of sp³-hybridized carbons (Fsp3) is 0.391. The molecule has 1 aliphatic rings. The molecule has 0 bridgehead atoms. The van der Waals surface area contributed by atoms with Crippen LogP contribution in [0.3, 0.4) is 0 Å². The Morgan fingerprint density at radius 2 is 1.85 bits per heavy atom. The van der Waals surface area contributed by atoms with Gasteiger partial charge in [-0.3, -0.25) is 14.6 Å². The average Bonchev–Trinajstić information content (AvgIpc) is 3.24. The molecule has 0 aliphatic carbocycles. The smallest absolute Gasteiger partial charge is 0.379 e. The van der Waals surface area contributed by atoms with Crippen LogP contribution in [0.1, 0.15) is 27.9 Å². The summed E-state index contributed by atoms with van der Waals surface area (Å²) in [7, 11) is 0. The number of aryl methyl sites for hydroxylation is 1. The average molecular weight is 534 g/mol. The molecule has 0 atom stereocenters. The molecular weight excluding hydrogens is 510 g/mol. The van der Waals surface area contributed by atoms with Crippen molar-refractivity contribution in [1.82, 2.24) is 9.88 Å². The van der Waals surface area contributed by atoms with Crippen molar-refractivity contribution in [3.63, 3.8) is 0 Å². The Kier molecular flexibility index (Phi) is 8.81. The summed E-state index contributed by atoms with van der Waals surface area (Å²) in [6.07, 6.45) is -3.76. The van der Waals surface area contributed by atoms with E-state index in [1.165, 1.54) is 23.5 Å². The van der Waals surface area contributed by atoms with E-state index in [2.05, 4.69) is 9.88 Å². The summed E-state index contributed by atoms with van der Waals surface area (Å²) in [5.74, 6) is -0.381. The second-order valence-corrected chi connectivity index (χ2v) is 9.27. The van der Waals surface area contributed by atoms with Gasteiger partial charge in [-0.1, -0.05) is 22.9 Å². The van der Waals surface area contributed by atoms with Crippen molar-refractivity contribution in [3.05, 3.63) is 58.1 Å². The summed E-state index contributed by atoms with van der Waals surface area (Å²) >= 11 is 7.60. The maximum Gasteiger partial charge on any atom is 0.416 e. The SMILES string of the molecule is Cc1c(Cl)ccc2sc(N(CCCN3CCOCC3)C(=O)c3ccc(C(F)(F)F)cc3)nc12.Cl. The second kappa shape index (κ2) is 11.2. The number of carbonyl (C=O) groups excluding carboxylic acids is 1. The van der Waals surface area contributed by atoms with Gasteiger partial charge in [0.15, 0.2) is 5.13 Å². The molecule has 34 heavy (non-hydrogen) atoms. The molecule has 184 valence electrons. The van der Waals surface area contributed by atoms with Gasteiger partial charge in [0.05, 0.1) is 29.0 Å². The number of halogens is 5. The van der Waals surface area contributed by atoms with Gasteiger partial charge in [-0.25, -0.2) is 4.98 Å². The van der Waals surface area contributed by atoms with E-state index in [1.807, 2.05) is 13.0 Å². The zero-order valence-corrected chi connectivity index (χ0v) is 20.8. The highest BCUT2D eigenvalue weighted by molar-refractivity contribution is 7.22. The van der Waals surface area contributed by atoms with Gasteiger partial charge in [-0.2, -0.15) is 13.2 Å². The van der Waals surface area contributed by atoms with Crippen molar-refractivity contribution in [3.8, 4) is 0 Å². The quantitative estimate of drug-likeness (QED) is 0.385. The fourth-order valence-corrected chi connectivity index (χ4v) is 4.93. The van der Waals surface area contributed by atoms with E-state index in [4.69, 9.17) is 16.3 Å². The van der Waals surface area contributed by atoms with Crippen molar-refractivity contribution >= 4 is 56.6 Å². The van der Waals surface area contributed by atoms with Crippen molar-refractivity contribution < 1.29 is 22.7 Å². The number of fused-ring (bicyclic) bond motifs is 1. The first-order valence-electron chi connectivity index (χ1n) is 10.6. The molecule has 0 unspecified atom stereocenters. The van der Waals surface area contributed by atoms with Crippen LogP contribution in [0.2, 0.25) is 5.02 Å². The minimum Gasteiger partial charge on any atom is -0.379 e. The predicted octanol–water partition coefficient (Wildman–Crippen LogP) is 6.07. The molecule has 1 fully saturated rings. The highest BCUT2D eigenvalue weighted by atomic mass is 35.5. The monoisotopic (exact) mass is 533 g/mol. The van der Waals surface area contributed by atoms with Crippen LogP contribution in [-0.4, -0.2) is 55.2 Å². The number of morpholine rings is 1. The van der Waals surface area contributed by atoms with E-state index in [9.17, 15) is 18.0 Å². The van der Waals surface area contributed by atoms with Crippen molar-refractivity contribution in [2.75, 3.05) is 44.3 Å². The molecule has 3 aromatic rings. The van der Waals surface area contributed by atoms with Gasteiger partial charge < -0.3 is 4.74 Å². The lowest BCUT2D eigenvalue weighted by Crippen LogP contribution is -2.39. The molecule has 1 aromatic heterocycles. The molecular formula is C23H24Cl2F3N3O2S. The molecule has 11 heteroatoms. The van der Waals surface area contributed by atoms with Gasteiger partial charge in [-0.15, -0.1) is 12.4 Å². The number of rotatable bonds is 6. The Morgan fingerprint density at radius 1 is 1.18 bits per heavy atom. The maximum atomic E-state index is 13.4. The van der Waals surface area contributed by atoms with Gasteiger partial charge in [0.2, 0.25) is 0 Å². The first-order chi connectivity index (χ1) is 15.7. The highest BCUT2D eigenvalue weighted by Gasteiger charge is 2.31. The van der Waals surface area contributed by atoms with Crippen molar-refractivity contribution in [2.24, 2.45) is 0 Å². The number of thiazole rings is 1. The van der Waals surface area contributed by atoms with E-state index >= 15 is 0 Å². The minimum atomic E-state index is -4.46. The summed E-state index contributed by atoms with van der Waals surface area (Å²) in [6, 6.07) is 7.95. The van der Waals surface area contributed by atoms with E-state index < -0.39 is 11.7 Å². The number of anilines is 1. The number of carbonyl (C=O) groups is 1. The van der Waals surface area contributed by atoms with Gasteiger partial charge in [0.1, 0.15) is 0 Å². The fourth-order valence-electron chi connectivity index (χ4n) is 3.72. The van der Waals surface area contributed by atoms with Gasteiger partial charge >= 0.3 is 6.18 Å². The Bertz CT molecular complexity index is 1130. The Hall–Kier alpha value is -1.91. The number of hydrogen-bond donors (Lipinski definition) is 0. The second-order valence-electron chi connectivity index (χ2n) is 7.86. The number of hydrogen-bond acceptors (Lipinski definition) is 5. The summed E-state index contributed by atoms with van der Waals surface area (Å²) in [5, 5.41) is 1.09. The number of alkyl halides is 3. The minimum absolute atomic E-state index is 0. The molecule has 0 saturated carbocycles. The third-order valence-corrected chi connectivity index (χ3v) is 7.08. The van der Waals surface area contributed by atoms with E-state index in [0.29, 0.717) is 36.3 Å². The van der Waals surface area contributed by atoms with Crippen LogP contribution in [0.4, 0.5) is 18.3 Å². The van der Waals surface area contributed by atoms with Crippen LogP contribution in [0.5, 0.6) is 0 Å². The Balaban J connectivity index is 0.00000324. The third kappa shape index (κ3) is 6.01. The molecule has 5 nitrogen and oxygen atoms in total. The molecule has 2 aromatic carbocycles. The maximum absolute atomic E-state index is 13.4. The lowest BCUT2D eigenvalue weighted by atomic mass is 10.1. The largest absolute Gasteiger partial charge is 0.416 e. The molecule has 0 spiro atoms. The summed E-state index contributed by atoms with van der Waals surface area (Å²) < 4.78 is 45.1. The summed E-state index contributed by atoms with van der Waals surface area (Å²) in [4.78, 5) is 21.9. The lowest BCUT2D eigenvalue weighted by Gasteiger charge is -2.27. The molecule has 0 N–H and O–H groups in total. The predicted molar refractivity (Wildman–Crippen MR) is 132 cm³/mol. The lowest BCUT2D eigenvalue weighted by molar-refractivity contribution is -0.137. The normalized spacial score (nSPS) is 14.7. The van der Waals surface area contributed by atoms with Crippen LogP contribution >= 0.6 is 35.3 Å². The van der Waals surface area contributed by atoms with E-state index in [1.54, 1.807) is 11.0 Å². The Labute approximate surface area is 210 Å².